The van der Waals surface area contributed by atoms with E-state index in [2.05, 4.69) is 20.8 Å². The van der Waals surface area contributed by atoms with E-state index < -0.39 is 0 Å². The summed E-state index contributed by atoms with van der Waals surface area (Å²) in [4.78, 5) is 1.08. The molecule has 0 amide bonds. The highest BCUT2D eigenvalue weighted by Gasteiger charge is 2.16. The molecule has 0 atom stereocenters. The van der Waals surface area contributed by atoms with Gasteiger partial charge < -0.3 is 15.2 Å². The fourth-order valence-corrected chi connectivity index (χ4v) is 3.65. The lowest BCUT2D eigenvalue weighted by molar-refractivity contribution is 0.390. The van der Waals surface area contributed by atoms with Gasteiger partial charge in [0.2, 0.25) is 0 Å². The lowest BCUT2D eigenvalue weighted by Crippen LogP contribution is -2.06. The Balaban J connectivity index is 0.00000361. The topological polar surface area (TPSA) is 44.5 Å². The third-order valence-electron chi connectivity index (χ3n) is 2.36. The molecule has 0 aliphatic rings. The molecular formula is C14H24ClNO2S2. The molecule has 0 unspecified atom stereocenters. The second-order valence-corrected chi connectivity index (χ2v) is 8.13. The molecule has 0 aromatic heterocycles. The summed E-state index contributed by atoms with van der Waals surface area (Å²) in [7, 11) is 6.91. The van der Waals surface area contributed by atoms with Crippen LogP contribution >= 0.6 is 34.0 Å². The van der Waals surface area contributed by atoms with E-state index in [0.29, 0.717) is 6.54 Å². The Morgan fingerprint density at radius 1 is 1.10 bits per heavy atom. The van der Waals surface area contributed by atoms with E-state index in [4.69, 9.17) is 15.2 Å². The number of rotatable bonds is 6. The summed E-state index contributed by atoms with van der Waals surface area (Å²) in [5.74, 6) is 1.76. The van der Waals surface area contributed by atoms with Gasteiger partial charge in [0.15, 0.2) is 0 Å². The Bertz CT molecular complexity index is 422. The van der Waals surface area contributed by atoms with Crippen LogP contribution in [0.2, 0.25) is 0 Å². The van der Waals surface area contributed by atoms with Crippen LogP contribution in [0.5, 0.6) is 11.5 Å². The van der Waals surface area contributed by atoms with E-state index in [9.17, 15) is 0 Å². The Morgan fingerprint density at radius 3 is 2.15 bits per heavy atom. The highest BCUT2D eigenvalue weighted by Crippen LogP contribution is 2.46. The Kier molecular flexibility index (Phi) is 8.82. The molecule has 0 bridgehead atoms. The fraction of sp³-hybridized carbons (Fsp3) is 0.571. The maximum absolute atomic E-state index is 5.62. The molecule has 2 N–H and O–H groups in total. The molecule has 1 rings (SSSR count). The van der Waals surface area contributed by atoms with Gasteiger partial charge in [-0.3, -0.25) is 0 Å². The molecule has 6 heteroatoms. The normalized spacial score (nSPS) is 10.9. The van der Waals surface area contributed by atoms with Gasteiger partial charge in [0.05, 0.1) is 19.1 Å². The van der Waals surface area contributed by atoms with Gasteiger partial charge in [-0.25, -0.2) is 0 Å². The predicted molar refractivity (Wildman–Crippen MR) is 92.8 cm³/mol. The zero-order valence-electron chi connectivity index (χ0n) is 12.7. The summed E-state index contributed by atoms with van der Waals surface area (Å²) in [5.41, 5.74) is 6.71. The predicted octanol–water partition coefficient (Wildman–Crippen LogP) is 4.17. The lowest BCUT2D eigenvalue weighted by Gasteiger charge is -2.19. The van der Waals surface area contributed by atoms with E-state index >= 15 is 0 Å². The number of hydrogen-bond acceptors (Lipinski definition) is 5. The minimum Gasteiger partial charge on any atom is -0.496 e. The van der Waals surface area contributed by atoms with Gasteiger partial charge in [0, 0.05) is 4.75 Å². The smallest absolute Gasteiger partial charge is 0.133 e. The summed E-state index contributed by atoms with van der Waals surface area (Å²) < 4.78 is 11.1. The largest absolute Gasteiger partial charge is 0.496 e. The zero-order valence-corrected chi connectivity index (χ0v) is 15.1. The van der Waals surface area contributed by atoms with E-state index in [1.807, 2.05) is 22.9 Å². The third-order valence-corrected chi connectivity index (χ3v) is 5.73. The van der Waals surface area contributed by atoms with Crippen LogP contribution < -0.4 is 15.2 Å². The first-order chi connectivity index (χ1) is 8.91. The molecule has 0 saturated carbocycles. The van der Waals surface area contributed by atoms with Crippen molar-refractivity contribution in [2.75, 3.05) is 20.8 Å². The standard InChI is InChI=1S/C14H23NO2S2.ClH/c1-14(2,3)19-18-13-9-11(16-4)10(6-7-15)8-12(13)17-5;/h8-9H,6-7,15H2,1-5H3;1H. The molecule has 20 heavy (non-hydrogen) atoms. The van der Waals surface area contributed by atoms with Gasteiger partial charge in [-0.15, -0.1) is 12.4 Å². The second-order valence-electron chi connectivity index (χ2n) is 5.13. The molecular weight excluding hydrogens is 314 g/mol. The molecule has 0 saturated heterocycles. The molecule has 0 radical (unpaired) electrons. The van der Waals surface area contributed by atoms with E-state index in [1.165, 1.54) is 0 Å². The monoisotopic (exact) mass is 337 g/mol. The van der Waals surface area contributed by atoms with Crippen molar-refractivity contribution in [3.05, 3.63) is 17.7 Å². The SMILES string of the molecule is COc1cc(SSC(C)(C)C)c(OC)cc1CCN.Cl. The fourth-order valence-electron chi connectivity index (χ4n) is 1.52. The van der Waals surface area contributed by atoms with Crippen LogP contribution in [-0.4, -0.2) is 25.5 Å². The first-order valence-electron chi connectivity index (χ1n) is 6.22. The Labute approximate surface area is 136 Å². The maximum atomic E-state index is 5.62. The Hall–Kier alpha value is -0.230. The van der Waals surface area contributed by atoms with Gasteiger partial charge >= 0.3 is 0 Å². The molecule has 0 fully saturated rings. The average molecular weight is 338 g/mol. The first kappa shape index (κ1) is 19.8. The number of nitrogens with two attached hydrogens (primary N) is 1. The van der Waals surface area contributed by atoms with Gasteiger partial charge in [0.25, 0.3) is 0 Å². The van der Waals surface area contributed by atoms with Gasteiger partial charge in [-0.2, -0.15) is 0 Å². The molecule has 0 aliphatic carbocycles. The summed E-state index contributed by atoms with van der Waals surface area (Å²) in [6.07, 6.45) is 0.789. The van der Waals surface area contributed by atoms with Crippen LogP contribution in [0.1, 0.15) is 26.3 Å². The van der Waals surface area contributed by atoms with Crippen LogP contribution in [0.15, 0.2) is 17.0 Å². The van der Waals surface area contributed by atoms with E-state index in [-0.39, 0.29) is 17.2 Å². The van der Waals surface area contributed by atoms with Crippen molar-refractivity contribution in [3.8, 4) is 11.5 Å². The van der Waals surface area contributed by atoms with Crippen molar-refractivity contribution in [2.24, 2.45) is 5.73 Å². The van der Waals surface area contributed by atoms with Crippen molar-refractivity contribution in [2.45, 2.75) is 36.8 Å². The molecule has 1 aromatic carbocycles. The summed E-state index contributed by atoms with van der Waals surface area (Å²) in [6, 6.07) is 4.06. The van der Waals surface area contributed by atoms with Crippen molar-refractivity contribution < 1.29 is 9.47 Å². The molecule has 0 aliphatic heterocycles. The van der Waals surface area contributed by atoms with Crippen molar-refractivity contribution in [3.63, 3.8) is 0 Å². The number of methoxy groups -OCH3 is 2. The van der Waals surface area contributed by atoms with Crippen molar-refractivity contribution in [1.29, 1.82) is 0 Å². The average Bonchev–Trinajstić information content (AvgIpc) is 2.36. The van der Waals surface area contributed by atoms with Gasteiger partial charge in [0.1, 0.15) is 11.5 Å². The number of benzene rings is 1. The Morgan fingerprint density at radius 2 is 1.70 bits per heavy atom. The van der Waals surface area contributed by atoms with E-state index in [1.54, 1.807) is 25.0 Å². The number of hydrogen-bond donors (Lipinski definition) is 1. The lowest BCUT2D eigenvalue weighted by atomic mass is 10.1. The van der Waals surface area contributed by atoms with Gasteiger partial charge in [-0.1, -0.05) is 42.4 Å². The summed E-state index contributed by atoms with van der Waals surface area (Å²) >= 11 is 0. The van der Waals surface area contributed by atoms with Crippen LogP contribution in [0.3, 0.4) is 0 Å². The highest BCUT2D eigenvalue weighted by molar-refractivity contribution is 8.77. The highest BCUT2D eigenvalue weighted by atomic mass is 35.5. The second kappa shape index (κ2) is 8.93. The van der Waals surface area contributed by atoms with Crippen molar-refractivity contribution >= 4 is 34.0 Å². The minimum absolute atomic E-state index is 0. The molecule has 1 aromatic rings. The number of ether oxygens (including phenoxy) is 2. The molecule has 116 valence electrons. The van der Waals surface area contributed by atoms with Crippen molar-refractivity contribution in [1.82, 2.24) is 0 Å². The summed E-state index contributed by atoms with van der Waals surface area (Å²) in [5, 5.41) is 0. The quantitative estimate of drug-likeness (QED) is 0.789. The molecule has 0 heterocycles. The van der Waals surface area contributed by atoms with Crippen LogP contribution in [-0.2, 0) is 6.42 Å². The first-order valence-corrected chi connectivity index (χ1v) is 8.37. The molecule has 0 spiro atoms. The zero-order chi connectivity index (χ0) is 14.5. The molecule has 3 nitrogen and oxygen atoms in total. The number of halogens is 1. The van der Waals surface area contributed by atoms with Crippen LogP contribution in [0.25, 0.3) is 0 Å². The van der Waals surface area contributed by atoms with Crippen LogP contribution in [0.4, 0.5) is 0 Å². The van der Waals surface area contributed by atoms with Crippen LogP contribution in [0, 0.1) is 0 Å². The maximum Gasteiger partial charge on any atom is 0.133 e. The third kappa shape index (κ3) is 6.04. The summed E-state index contributed by atoms with van der Waals surface area (Å²) in [6.45, 7) is 7.17. The van der Waals surface area contributed by atoms with E-state index in [0.717, 1.165) is 28.4 Å². The van der Waals surface area contributed by atoms with Gasteiger partial charge in [-0.05, 0) is 30.7 Å². The minimum atomic E-state index is 0.